The molecule has 2 saturated heterocycles. The topological polar surface area (TPSA) is 40.6 Å². The molecule has 3 rings (SSSR count). The van der Waals surface area contributed by atoms with Gasteiger partial charge < -0.3 is 4.90 Å². The van der Waals surface area contributed by atoms with Crippen LogP contribution in [0.3, 0.4) is 0 Å². The highest BCUT2D eigenvalue weighted by Crippen LogP contribution is 2.33. The molecule has 2 heterocycles. The summed E-state index contributed by atoms with van der Waals surface area (Å²) in [6, 6.07) is 4.94. The van der Waals surface area contributed by atoms with Crippen molar-refractivity contribution in [3.63, 3.8) is 0 Å². The zero-order valence-corrected chi connectivity index (χ0v) is 12.3. The molecule has 5 heteroatoms. The second kappa shape index (κ2) is 5.13. The lowest BCUT2D eigenvalue weighted by Gasteiger charge is -2.43. The van der Waals surface area contributed by atoms with E-state index in [0.717, 1.165) is 6.42 Å². The highest BCUT2D eigenvalue weighted by atomic mass is 19.1. The third-order valence-corrected chi connectivity index (χ3v) is 4.33. The molecular formula is C16H19FN2O2. The number of nitrogens with zero attached hydrogens (tertiary/aromatic N) is 2. The van der Waals surface area contributed by atoms with Crippen LogP contribution in [0.25, 0.3) is 0 Å². The minimum atomic E-state index is -0.502. The summed E-state index contributed by atoms with van der Waals surface area (Å²) in [6.45, 7) is 4.53. The number of benzene rings is 1. The van der Waals surface area contributed by atoms with E-state index in [1.165, 1.54) is 12.1 Å². The smallest absolute Gasteiger partial charge is 0.250 e. The average molecular weight is 290 g/mol. The number of hydrogen-bond donors (Lipinski definition) is 0. The van der Waals surface area contributed by atoms with Crippen molar-refractivity contribution in [3.8, 4) is 0 Å². The first-order chi connectivity index (χ1) is 10.0. The predicted molar refractivity (Wildman–Crippen MR) is 77.2 cm³/mol. The SMILES string of the molecule is CC(C)C1C(=O)N2CCCC2C(=O)N1c1ccc(F)cc1. The number of hydrogen-bond acceptors (Lipinski definition) is 2. The molecule has 2 amide bonds. The van der Waals surface area contributed by atoms with Crippen LogP contribution in [0.15, 0.2) is 24.3 Å². The van der Waals surface area contributed by atoms with Gasteiger partial charge in [-0.05, 0) is 43.0 Å². The number of amides is 2. The van der Waals surface area contributed by atoms with Gasteiger partial charge >= 0.3 is 0 Å². The van der Waals surface area contributed by atoms with Crippen LogP contribution in [0.5, 0.6) is 0 Å². The second-order valence-electron chi connectivity index (χ2n) is 6.06. The zero-order valence-electron chi connectivity index (χ0n) is 12.3. The molecule has 0 radical (unpaired) electrons. The first-order valence-corrected chi connectivity index (χ1v) is 7.40. The number of halogens is 1. The van der Waals surface area contributed by atoms with Gasteiger partial charge in [0, 0.05) is 12.2 Å². The molecule has 4 nitrogen and oxygen atoms in total. The standard InChI is InChI=1S/C16H19FN2O2/c1-10(2)14-16(21)18-9-3-4-13(18)15(20)19(14)12-7-5-11(17)6-8-12/h5-8,10,13-14H,3-4,9H2,1-2H3. The Labute approximate surface area is 123 Å². The maximum absolute atomic E-state index is 13.1. The fourth-order valence-corrected chi connectivity index (χ4v) is 3.34. The number of fused-ring (bicyclic) bond motifs is 1. The van der Waals surface area contributed by atoms with Crippen molar-refractivity contribution in [2.45, 2.75) is 38.8 Å². The Bertz CT molecular complexity index is 570. The lowest BCUT2D eigenvalue weighted by atomic mass is 9.95. The summed E-state index contributed by atoms with van der Waals surface area (Å²) in [6.07, 6.45) is 1.58. The Morgan fingerprint density at radius 2 is 1.81 bits per heavy atom. The lowest BCUT2D eigenvalue weighted by Crippen LogP contribution is -2.64. The van der Waals surface area contributed by atoms with Gasteiger partial charge in [-0.25, -0.2) is 4.39 Å². The molecule has 112 valence electrons. The van der Waals surface area contributed by atoms with Gasteiger partial charge in [0.1, 0.15) is 17.9 Å². The van der Waals surface area contributed by atoms with Crippen LogP contribution in [0, 0.1) is 11.7 Å². The molecule has 2 aliphatic rings. The molecular weight excluding hydrogens is 271 g/mol. The predicted octanol–water partition coefficient (Wildman–Crippen LogP) is 2.19. The summed E-state index contributed by atoms with van der Waals surface area (Å²) >= 11 is 0. The van der Waals surface area contributed by atoms with Crippen LogP contribution in [0.2, 0.25) is 0 Å². The van der Waals surface area contributed by atoms with Crippen molar-refractivity contribution in [1.82, 2.24) is 4.90 Å². The Morgan fingerprint density at radius 1 is 1.14 bits per heavy atom. The van der Waals surface area contributed by atoms with Crippen LogP contribution in [-0.4, -0.2) is 35.3 Å². The van der Waals surface area contributed by atoms with E-state index in [2.05, 4.69) is 0 Å². The molecule has 21 heavy (non-hydrogen) atoms. The van der Waals surface area contributed by atoms with Crippen LogP contribution < -0.4 is 4.90 Å². The summed E-state index contributed by atoms with van der Waals surface area (Å²) in [5.74, 6) is -0.375. The number of carbonyl (C=O) groups excluding carboxylic acids is 2. The van der Waals surface area contributed by atoms with Crippen molar-refractivity contribution in [1.29, 1.82) is 0 Å². The Kier molecular flexibility index (Phi) is 3.43. The van der Waals surface area contributed by atoms with Crippen LogP contribution in [-0.2, 0) is 9.59 Å². The molecule has 2 unspecified atom stereocenters. The van der Waals surface area contributed by atoms with Crippen LogP contribution >= 0.6 is 0 Å². The largest absolute Gasteiger partial charge is 0.329 e. The van der Waals surface area contributed by atoms with Gasteiger partial charge in [0.25, 0.3) is 5.91 Å². The van der Waals surface area contributed by atoms with E-state index in [1.54, 1.807) is 21.9 Å². The molecule has 2 atom stereocenters. The van der Waals surface area contributed by atoms with Crippen molar-refractivity contribution in [2.24, 2.45) is 5.92 Å². The maximum Gasteiger partial charge on any atom is 0.250 e. The minimum Gasteiger partial charge on any atom is -0.329 e. The Hall–Kier alpha value is -1.91. The summed E-state index contributed by atoms with van der Waals surface area (Å²) in [7, 11) is 0. The molecule has 0 aromatic heterocycles. The minimum absolute atomic E-state index is 0.00746. The number of anilines is 1. The molecule has 0 N–H and O–H groups in total. The quantitative estimate of drug-likeness (QED) is 0.837. The van der Waals surface area contributed by atoms with Gasteiger partial charge in [-0.1, -0.05) is 13.8 Å². The van der Waals surface area contributed by atoms with Crippen molar-refractivity contribution in [3.05, 3.63) is 30.1 Å². The van der Waals surface area contributed by atoms with E-state index >= 15 is 0 Å². The molecule has 0 aliphatic carbocycles. The van der Waals surface area contributed by atoms with Gasteiger partial charge in [-0.2, -0.15) is 0 Å². The Balaban J connectivity index is 2.03. The third-order valence-electron chi connectivity index (χ3n) is 4.33. The first kappa shape index (κ1) is 14.0. The summed E-state index contributed by atoms with van der Waals surface area (Å²) in [5.41, 5.74) is 0.597. The first-order valence-electron chi connectivity index (χ1n) is 7.40. The van der Waals surface area contributed by atoms with Crippen molar-refractivity contribution in [2.75, 3.05) is 11.4 Å². The Morgan fingerprint density at radius 3 is 2.43 bits per heavy atom. The van der Waals surface area contributed by atoms with E-state index in [4.69, 9.17) is 0 Å². The van der Waals surface area contributed by atoms with Crippen molar-refractivity contribution >= 4 is 17.5 Å². The fourth-order valence-electron chi connectivity index (χ4n) is 3.34. The maximum atomic E-state index is 13.1. The summed E-state index contributed by atoms with van der Waals surface area (Å²) < 4.78 is 13.1. The molecule has 1 aromatic carbocycles. The van der Waals surface area contributed by atoms with Crippen LogP contribution in [0.4, 0.5) is 10.1 Å². The van der Waals surface area contributed by atoms with Gasteiger partial charge in [0.2, 0.25) is 5.91 Å². The van der Waals surface area contributed by atoms with Gasteiger partial charge in [-0.15, -0.1) is 0 Å². The molecule has 1 aromatic rings. The number of piperazine rings is 1. The van der Waals surface area contributed by atoms with Crippen molar-refractivity contribution < 1.29 is 14.0 Å². The fraction of sp³-hybridized carbons (Fsp3) is 0.500. The van der Waals surface area contributed by atoms with Crippen LogP contribution in [0.1, 0.15) is 26.7 Å². The summed E-state index contributed by atoms with van der Waals surface area (Å²) in [4.78, 5) is 28.8. The number of rotatable bonds is 2. The van der Waals surface area contributed by atoms with E-state index < -0.39 is 6.04 Å². The van der Waals surface area contributed by atoms with E-state index in [9.17, 15) is 14.0 Å². The van der Waals surface area contributed by atoms with E-state index in [-0.39, 0.29) is 29.6 Å². The average Bonchev–Trinajstić information content (AvgIpc) is 2.93. The van der Waals surface area contributed by atoms with Gasteiger partial charge in [0.05, 0.1) is 0 Å². The molecule has 2 fully saturated rings. The third kappa shape index (κ3) is 2.20. The zero-order chi connectivity index (χ0) is 15.1. The molecule has 2 aliphatic heterocycles. The lowest BCUT2D eigenvalue weighted by molar-refractivity contribution is -0.145. The second-order valence-corrected chi connectivity index (χ2v) is 6.06. The highest BCUT2D eigenvalue weighted by molar-refractivity contribution is 6.08. The molecule has 0 bridgehead atoms. The summed E-state index contributed by atoms with van der Waals surface area (Å²) in [5, 5.41) is 0. The molecule has 0 spiro atoms. The monoisotopic (exact) mass is 290 g/mol. The number of carbonyl (C=O) groups is 2. The van der Waals surface area contributed by atoms with Gasteiger partial charge in [-0.3, -0.25) is 14.5 Å². The van der Waals surface area contributed by atoms with Gasteiger partial charge in [0.15, 0.2) is 0 Å². The van der Waals surface area contributed by atoms with E-state index in [1.807, 2.05) is 13.8 Å². The normalized spacial score (nSPS) is 25.7. The molecule has 0 saturated carbocycles. The van der Waals surface area contributed by atoms with E-state index in [0.29, 0.717) is 18.7 Å². The highest BCUT2D eigenvalue weighted by Gasteiger charge is 2.49.